The number of fused-ring (bicyclic) bond motifs is 1. The Labute approximate surface area is 115 Å². The molecule has 0 aromatic heterocycles. The van der Waals surface area contributed by atoms with Gasteiger partial charge in [-0.15, -0.1) is 0 Å². The maximum atomic E-state index is 10.4. The van der Waals surface area contributed by atoms with Crippen LogP contribution in [0.2, 0.25) is 0 Å². The van der Waals surface area contributed by atoms with E-state index in [1.54, 1.807) is 0 Å². The standard InChI is InChI=1S/C16H24O3/c1-2-10-18-11-12-19-15-9-5-7-13-6-3-4-8-14(13)16(15)17/h3-4,6,8,15-17H,2,5,7,9-12H2,1H3. The first-order valence-electron chi connectivity index (χ1n) is 7.28. The van der Waals surface area contributed by atoms with Gasteiger partial charge in [0, 0.05) is 6.61 Å². The molecule has 2 rings (SSSR count). The van der Waals surface area contributed by atoms with Gasteiger partial charge in [-0.25, -0.2) is 0 Å². The first kappa shape index (κ1) is 14.5. The summed E-state index contributed by atoms with van der Waals surface area (Å²) in [4.78, 5) is 0. The van der Waals surface area contributed by atoms with Gasteiger partial charge in [-0.1, -0.05) is 31.2 Å². The quantitative estimate of drug-likeness (QED) is 0.634. The zero-order valence-corrected chi connectivity index (χ0v) is 11.7. The summed E-state index contributed by atoms with van der Waals surface area (Å²) in [5.41, 5.74) is 2.28. The van der Waals surface area contributed by atoms with Gasteiger partial charge in [-0.05, 0) is 36.8 Å². The fourth-order valence-corrected chi connectivity index (χ4v) is 2.58. The molecule has 1 N–H and O–H groups in total. The van der Waals surface area contributed by atoms with Crippen LogP contribution in [-0.2, 0) is 15.9 Å². The fourth-order valence-electron chi connectivity index (χ4n) is 2.58. The Morgan fingerprint density at radius 3 is 2.89 bits per heavy atom. The van der Waals surface area contributed by atoms with E-state index in [-0.39, 0.29) is 6.10 Å². The highest BCUT2D eigenvalue weighted by atomic mass is 16.5. The van der Waals surface area contributed by atoms with Gasteiger partial charge in [0.05, 0.1) is 19.3 Å². The molecular weight excluding hydrogens is 240 g/mol. The van der Waals surface area contributed by atoms with Gasteiger partial charge < -0.3 is 14.6 Å². The number of hydrogen-bond donors (Lipinski definition) is 1. The number of aliphatic hydroxyl groups excluding tert-OH is 1. The van der Waals surface area contributed by atoms with Gasteiger partial charge in [0.25, 0.3) is 0 Å². The number of hydrogen-bond acceptors (Lipinski definition) is 3. The van der Waals surface area contributed by atoms with E-state index in [1.165, 1.54) is 5.56 Å². The Bertz CT molecular complexity index is 378. The van der Waals surface area contributed by atoms with Crippen molar-refractivity contribution in [3.63, 3.8) is 0 Å². The third kappa shape index (κ3) is 4.03. The highest BCUT2D eigenvalue weighted by molar-refractivity contribution is 5.30. The molecular formula is C16H24O3. The molecule has 19 heavy (non-hydrogen) atoms. The Hall–Kier alpha value is -0.900. The average Bonchev–Trinajstić information content (AvgIpc) is 2.59. The Morgan fingerprint density at radius 1 is 1.21 bits per heavy atom. The second-order valence-corrected chi connectivity index (χ2v) is 5.06. The summed E-state index contributed by atoms with van der Waals surface area (Å²) in [6, 6.07) is 8.13. The highest BCUT2D eigenvalue weighted by Gasteiger charge is 2.26. The van der Waals surface area contributed by atoms with Gasteiger partial charge in [0.1, 0.15) is 6.10 Å². The second kappa shape index (κ2) is 7.63. The summed E-state index contributed by atoms with van der Waals surface area (Å²) < 4.78 is 11.2. The smallest absolute Gasteiger partial charge is 0.105 e. The summed E-state index contributed by atoms with van der Waals surface area (Å²) >= 11 is 0. The van der Waals surface area contributed by atoms with Gasteiger partial charge >= 0.3 is 0 Å². The van der Waals surface area contributed by atoms with Crippen molar-refractivity contribution in [2.24, 2.45) is 0 Å². The van der Waals surface area contributed by atoms with Crippen LogP contribution < -0.4 is 0 Å². The zero-order chi connectivity index (χ0) is 13.5. The van der Waals surface area contributed by atoms with E-state index >= 15 is 0 Å². The molecule has 1 aliphatic carbocycles. The first-order valence-corrected chi connectivity index (χ1v) is 7.28. The van der Waals surface area contributed by atoms with Crippen LogP contribution in [-0.4, -0.2) is 31.0 Å². The minimum atomic E-state index is -0.509. The van der Waals surface area contributed by atoms with Gasteiger partial charge in [-0.3, -0.25) is 0 Å². The largest absolute Gasteiger partial charge is 0.386 e. The van der Waals surface area contributed by atoms with Crippen molar-refractivity contribution in [2.75, 3.05) is 19.8 Å². The molecule has 0 aliphatic heterocycles. The van der Waals surface area contributed by atoms with Crippen LogP contribution in [0, 0.1) is 0 Å². The Morgan fingerprint density at radius 2 is 2.05 bits per heavy atom. The number of rotatable bonds is 6. The van der Waals surface area contributed by atoms with Crippen molar-refractivity contribution >= 4 is 0 Å². The van der Waals surface area contributed by atoms with Crippen molar-refractivity contribution in [1.82, 2.24) is 0 Å². The Kier molecular flexibility index (Phi) is 5.83. The van der Waals surface area contributed by atoms with Gasteiger partial charge in [0.2, 0.25) is 0 Å². The van der Waals surface area contributed by atoms with E-state index < -0.39 is 6.10 Å². The molecule has 0 heterocycles. The molecule has 0 saturated carbocycles. The molecule has 106 valence electrons. The van der Waals surface area contributed by atoms with Crippen molar-refractivity contribution in [1.29, 1.82) is 0 Å². The molecule has 3 heteroatoms. The van der Waals surface area contributed by atoms with Crippen LogP contribution >= 0.6 is 0 Å². The molecule has 3 nitrogen and oxygen atoms in total. The molecule has 0 amide bonds. The predicted molar refractivity (Wildman–Crippen MR) is 75.2 cm³/mol. The highest BCUT2D eigenvalue weighted by Crippen LogP contribution is 2.30. The molecule has 0 spiro atoms. The first-order chi connectivity index (χ1) is 9.33. The van der Waals surface area contributed by atoms with Crippen LogP contribution in [0.25, 0.3) is 0 Å². The molecule has 1 aliphatic rings. The second-order valence-electron chi connectivity index (χ2n) is 5.06. The van der Waals surface area contributed by atoms with E-state index in [4.69, 9.17) is 9.47 Å². The van der Waals surface area contributed by atoms with E-state index in [9.17, 15) is 5.11 Å². The molecule has 0 fully saturated rings. The molecule has 1 aromatic carbocycles. The lowest BCUT2D eigenvalue weighted by Crippen LogP contribution is -2.23. The monoisotopic (exact) mass is 264 g/mol. The number of ether oxygens (including phenoxy) is 2. The van der Waals surface area contributed by atoms with E-state index in [2.05, 4.69) is 13.0 Å². The molecule has 2 atom stereocenters. The third-order valence-corrected chi connectivity index (χ3v) is 3.57. The maximum Gasteiger partial charge on any atom is 0.105 e. The van der Waals surface area contributed by atoms with Crippen LogP contribution in [0.4, 0.5) is 0 Å². The molecule has 2 unspecified atom stereocenters. The molecule has 0 radical (unpaired) electrons. The lowest BCUT2D eigenvalue weighted by Gasteiger charge is -2.22. The van der Waals surface area contributed by atoms with Gasteiger partial charge in [-0.2, -0.15) is 0 Å². The third-order valence-electron chi connectivity index (χ3n) is 3.57. The van der Waals surface area contributed by atoms with Crippen LogP contribution in [0.5, 0.6) is 0 Å². The minimum absolute atomic E-state index is 0.103. The molecule has 0 saturated heterocycles. The number of aliphatic hydroxyl groups is 1. The fraction of sp³-hybridized carbons (Fsp3) is 0.625. The maximum absolute atomic E-state index is 10.4. The predicted octanol–water partition coefficient (Wildman–Crippen LogP) is 2.87. The topological polar surface area (TPSA) is 38.7 Å². The van der Waals surface area contributed by atoms with Crippen molar-refractivity contribution in [2.45, 2.75) is 44.8 Å². The summed E-state index contributed by atoms with van der Waals surface area (Å²) in [6.45, 7) is 4.04. The summed E-state index contributed by atoms with van der Waals surface area (Å²) in [7, 11) is 0. The Balaban J connectivity index is 1.88. The SMILES string of the molecule is CCCOCCOC1CCCc2ccccc2C1O. The summed E-state index contributed by atoms with van der Waals surface area (Å²) in [5.74, 6) is 0. The number of aryl methyl sites for hydroxylation is 1. The molecule has 0 bridgehead atoms. The van der Waals surface area contributed by atoms with Crippen molar-refractivity contribution in [3.8, 4) is 0 Å². The minimum Gasteiger partial charge on any atom is -0.386 e. The summed E-state index contributed by atoms with van der Waals surface area (Å²) in [5, 5.41) is 10.4. The lowest BCUT2D eigenvalue weighted by molar-refractivity contribution is -0.0598. The number of benzene rings is 1. The summed E-state index contributed by atoms with van der Waals surface area (Å²) in [6.07, 6.45) is 3.41. The van der Waals surface area contributed by atoms with Crippen LogP contribution in [0.3, 0.4) is 0 Å². The average molecular weight is 264 g/mol. The van der Waals surface area contributed by atoms with Crippen molar-refractivity contribution < 1.29 is 14.6 Å². The van der Waals surface area contributed by atoms with Crippen LogP contribution in [0.15, 0.2) is 24.3 Å². The van der Waals surface area contributed by atoms with Crippen LogP contribution in [0.1, 0.15) is 43.4 Å². The van der Waals surface area contributed by atoms with E-state index in [1.807, 2.05) is 18.2 Å². The lowest BCUT2D eigenvalue weighted by atomic mass is 10.0. The van der Waals surface area contributed by atoms with E-state index in [0.29, 0.717) is 13.2 Å². The van der Waals surface area contributed by atoms with Gasteiger partial charge in [0.15, 0.2) is 0 Å². The van der Waals surface area contributed by atoms with E-state index in [0.717, 1.165) is 37.9 Å². The molecule has 1 aromatic rings. The normalized spacial score (nSPS) is 22.8. The van der Waals surface area contributed by atoms with Crippen molar-refractivity contribution in [3.05, 3.63) is 35.4 Å². The zero-order valence-electron chi connectivity index (χ0n) is 11.7.